The van der Waals surface area contributed by atoms with Crippen molar-refractivity contribution >= 4 is 17.4 Å². The van der Waals surface area contributed by atoms with Crippen molar-refractivity contribution in [2.45, 2.75) is 44.2 Å². The summed E-state index contributed by atoms with van der Waals surface area (Å²) < 4.78 is 1.72. The van der Waals surface area contributed by atoms with E-state index in [9.17, 15) is 4.79 Å². The molecule has 2 aliphatic rings. The molecule has 2 aliphatic heterocycles. The molecular formula is C13H16N6O2. The lowest BCUT2D eigenvalue weighted by Crippen LogP contribution is -2.44. The van der Waals surface area contributed by atoms with Gasteiger partial charge in [-0.25, -0.2) is 0 Å². The second-order valence-corrected chi connectivity index (χ2v) is 5.94. The summed E-state index contributed by atoms with van der Waals surface area (Å²) in [5, 5.41) is 20.7. The van der Waals surface area contributed by atoms with Gasteiger partial charge >= 0.3 is 5.97 Å². The van der Waals surface area contributed by atoms with Crippen LogP contribution in [0.5, 0.6) is 0 Å². The normalized spacial score (nSPS) is 28.2. The molecule has 2 aromatic heterocycles. The molecular weight excluding hydrogens is 272 g/mol. The molecule has 110 valence electrons. The standard InChI is InChI=1S/C13H16N6O2/c20-13(21)5-8-3-9-1-2-10(4-8)18(9)12-7-14-6-11-15-16-17-19(11)12/h6-10H,1-5H2,(H,20,21). The highest BCUT2D eigenvalue weighted by Crippen LogP contribution is 2.42. The van der Waals surface area contributed by atoms with Crippen LogP contribution in [0.1, 0.15) is 32.1 Å². The Balaban J connectivity index is 1.65. The van der Waals surface area contributed by atoms with Crippen LogP contribution in [-0.2, 0) is 4.79 Å². The minimum atomic E-state index is -0.697. The first-order chi connectivity index (χ1) is 10.2. The van der Waals surface area contributed by atoms with Gasteiger partial charge in [0.1, 0.15) is 0 Å². The molecule has 0 amide bonds. The largest absolute Gasteiger partial charge is 0.481 e. The van der Waals surface area contributed by atoms with Gasteiger partial charge < -0.3 is 10.0 Å². The van der Waals surface area contributed by atoms with Gasteiger partial charge in [-0.05, 0) is 42.0 Å². The zero-order valence-electron chi connectivity index (χ0n) is 11.5. The van der Waals surface area contributed by atoms with Crippen LogP contribution in [0.15, 0.2) is 12.4 Å². The van der Waals surface area contributed by atoms with Gasteiger partial charge in [0.15, 0.2) is 11.5 Å². The summed E-state index contributed by atoms with van der Waals surface area (Å²) in [6.07, 6.45) is 7.74. The Kier molecular flexibility index (Phi) is 2.76. The van der Waals surface area contributed by atoms with Crippen LogP contribution in [-0.4, -0.2) is 48.2 Å². The van der Waals surface area contributed by atoms with Crippen molar-refractivity contribution in [3.8, 4) is 0 Å². The Bertz CT molecular complexity index is 672. The van der Waals surface area contributed by atoms with Crippen LogP contribution in [0.3, 0.4) is 0 Å². The second kappa shape index (κ2) is 4.64. The van der Waals surface area contributed by atoms with Crippen LogP contribution >= 0.6 is 0 Å². The number of hydrogen-bond donors (Lipinski definition) is 1. The van der Waals surface area contributed by atoms with Gasteiger partial charge in [0, 0.05) is 18.5 Å². The first-order valence-electron chi connectivity index (χ1n) is 7.24. The molecule has 0 saturated carbocycles. The molecule has 4 rings (SSSR count). The van der Waals surface area contributed by atoms with E-state index in [1.54, 1.807) is 16.9 Å². The van der Waals surface area contributed by atoms with Crippen molar-refractivity contribution in [1.82, 2.24) is 25.0 Å². The number of hydrogen-bond acceptors (Lipinski definition) is 6. The van der Waals surface area contributed by atoms with E-state index >= 15 is 0 Å². The summed E-state index contributed by atoms with van der Waals surface area (Å²) in [4.78, 5) is 17.5. The number of anilines is 1. The summed E-state index contributed by atoms with van der Waals surface area (Å²) in [6.45, 7) is 0. The molecule has 0 radical (unpaired) electrons. The molecule has 2 unspecified atom stereocenters. The monoisotopic (exact) mass is 288 g/mol. The Hall–Kier alpha value is -2.25. The number of carboxylic acids is 1. The Labute approximate surface area is 120 Å². The smallest absolute Gasteiger partial charge is 0.303 e. The first-order valence-corrected chi connectivity index (χ1v) is 7.24. The number of aliphatic carboxylic acids is 1. The first kappa shape index (κ1) is 12.5. The van der Waals surface area contributed by atoms with Crippen molar-refractivity contribution in [2.75, 3.05) is 4.90 Å². The zero-order chi connectivity index (χ0) is 14.4. The van der Waals surface area contributed by atoms with Gasteiger partial charge in [0.2, 0.25) is 0 Å². The molecule has 0 aliphatic carbocycles. The highest BCUT2D eigenvalue weighted by Gasteiger charge is 2.42. The van der Waals surface area contributed by atoms with Gasteiger partial charge in [-0.1, -0.05) is 0 Å². The fraction of sp³-hybridized carbons (Fsp3) is 0.615. The molecule has 2 bridgehead atoms. The third-order valence-corrected chi connectivity index (χ3v) is 4.65. The lowest BCUT2D eigenvalue weighted by atomic mass is 9.88. The van der Waals surface area contributed by atoms with Gasteiger partial charge in [-0.2, -0.15) is 4.52 Å². The van der Waals surface area contributed by atoms with Crippen LogP contribution < -0.4 is 4.90 Å². The van der Waals surface area contributed by atoms with E-state index in [2.05, 4.69) is 25.4 Å². The quantitative estimate of drug-likeness (QED) is 0.889. The number of carbonyl (C=O) groups is 1. The zero-order valence-corrected chi connectivity index (χ0v) is 11.5. The SMILES string of the molecule is O=C(O)CC1CC2CCC(C1)N2c1cncc2nnnn12. The molecule has 8 heteroatoms. The van der Waals surface area contributed by atoms with Crippen LogP contribution in [0, 0.1) is 5.92 Å². The number of carboxylic acid groups (broad SMARTS) is 1. The van der Waals surface area contributed by atoms with Crippen LogP contribution in [0.4, 0.5) is 5.82 Å². The van der Waals surface area contributed by atoms with Crippen LogP contribution in [0.2, 0.25) is 0 Å². The van der Waals surface area contributed by atoms with Gasteiger partial charge in [-0.3, -0.25) is 9.78 Å². The van der Waals surface area contributed by atoms with E-state index in [1.165, 1.54) is 0 Å². The van der Waals surface area contributed by atoms with Crippen molar-refractivity contribution in [3.05, 3.63) is 12.4 Å². The van der Waals surface area contributed by atoms with Crippen molar-refractivity contribution < 1.29 is 9.90 Å². The molecule has 0 spiro atoms. The maximum absolute atomic E-state index is 10.9. The van der Waals surface area contributed by atoms with E-state index in [4.69, 9.17) is 5.11 Å². The number of nitrogens with zero attached hydrogens (tertiary/aromatic N) is 6. The summed E-state index contributed by atoms with van der Waals surface area (Å²) in [5.41, 5.74) is 0.638. The topological polar surface area (TPSA) is 96.5 Å². The number of tetrazole rings is 1. The molecule has 2 aromatic rings. The minimum Gasteiger partial charge on any atom is -0.481 e. The maximum Gasteiger partial charge on any atom is 0.303 e. The molecule has 2 atom stereocenters. The molecule has 21 heavy (non-hydrogen) atoms. The summed E-state index contributed by atoms with van der Waals surface area (Å²) in [5.74, 6) is 0.494. The third kappa shape index (κ3) is 2.01. The fourth-order valence-electron chi connectivity index (χ4n) is 3.92. The second-order valence-electron chi connectivity index (χ2n) is 5.94. The van der Waals surface area contributed by atoms with E-state index in [0.717, 1.165) is 31.5 Å². The number of rotatable bonds is 3. The van der Waals surface area contributed by atoms with Crippen LogP contribution in [0.25, 0.3) is 5.65 Å². The highest BCUT2D eigenvalue weighted by molar-refractivity contribution is 5.67. The van der Waals surface area contributed by atoms with Crippen molar-refractivity contribution in [2.24, 2.45) is 5.92 Å². The molecule has 2 fully saturated rings. The lowest BCUT2D eigenvalue weighted by molar-refractivity contribution is -0.138. The average molecular weight is 288 g/mol. The summed E-state index contributed by atoms with van der Waals surface area (Å²) in [6, 6.07) is 0.731. The predicted octanol–water partition coefficient (Wildman–Crippen LogP) is 0.741. The Morgan fingerprint density at radius 1 is 1.29 bits per heavy atom. The molecule has 2 saturated heterocycles. The molecule has 4 heterocycles. The molecule has 0 aromatic carbocycles. The summed E-state index contributed by atoms with van der Waals surface area (Å²) in [7, 11) is 0. The number of aromatic nitrogens is 5. The van der Waals surface area contributed by atoms with Gasteiger partial charge in [0.25, 0.3) is 0 Å². The Morgan fingerprint density at radius 3 is 2.76 bits per heavy atom. The minimum absolute atomic E-state index is 0.272. The predicted molar refractivity (Wildman–Crippen MR) is 72.8 cm³/mol. The molecule has 8 nitrogen and oxygen atoms in total. The fourth-order valence-corrected chi connectivity index (χ4v) is 3.92. The highest BCUT2D eigenvalue weighted by atomic mass is 16.4. The average Bonchev–Trinajstić information content (AvgIpc) is 3.01. The summed E-state index contributed by atoms with van der Waals surface area (Å²) >= 11 is 0. The van der Waals surface area contributed by atoms with E-state index in [1.807, 2.05) is 0 Å². The van der Waals surface area contributed by atoms with E-state index in [-0.39, 0.29) is 12.3 Å². The van der Waals surface area contributed by atoms with E-state index < -0.39 is 5.97 Å². The maximum atomic E-state index is 10.9. The lowest BCUT2D eigenvalue weighted by Gasteiger charge is -2.39. The number of fused-ring (bicyclic) bond motifs is 3. The van der Waals surface area contributed by atoms with Crippen molar-refractivity contribution in [3.63, 3.8) is 0 Å². The van der Waals surface area contributed by atoms with Gasteiger partial charge in [-0.15, -0.1) is 5.10 Å². The van der Waals surface area contributed by atoms with Gasteiger partial charge in [0.05, 0.1) is 12.4 Å². The van der Waals surface area contributed by atoms with Crippen molar-refractivity contribution in [1.29, 1.82) is 0 Å². The molecule has 1 N–H and O–H groups in total. The Morgan fingerprint density at radius 2 is 2.05 bits per heavy atom. The third-order valence-electron chi connectivity index (χ3n) is 4.65. The van der Waals surface area contributed by atoms with E-state index in [0.29, 0.717) is 17.7 Å². The number of piperidine rings is 1.